The van der Waals surface area contributed by atoms with E-state index in [0.29, 0.717) is 17.4 Å². The zero-order chi connectivity index (χ0) is 23.9. The minimum atomic E-state index is -4.32. The molecule has 0 saturated heterocycles. The Morgan fingerprint density at radius 1 is 1.06 bits per heavy atom. The molecule has 0 spiro atoms. The van der Waals surface area contributed by atoms with Gasteiger partial charge in [-0.05, 0) is 19.3 Å². The van der Waals surface area contributed by atoms with Crippen LogP contribution in [0.4, 0.5) is 0 Å². The number of amides is 1. The summed E-state index contributed by atoms with van der Waals surface area (Å²) in [6.45, 7) is 5.05. The number of hydrogen-bond donors (Lipinski definition) is 3. The first-order valence-corrected chi connectivity index (χ1v) is 12.8. The molecule has 11 heteroatoms. The summed E-state index contributed by atoms with van der Waals surface area (Å²) in [6.07, 6.45) is 6.09. The summed E-state index contributed by atoms with van der Waals surface area (Å²) in [4.78, 5) is 32.9. The highest BCUT2D eigenvalue weighted by Gasteiger charge is 2.31. The number of carboxylic acids is 1. The maximum atomic E-state index is 12.1. The van der Waals surface area contributed by atoms with Crippen molar-refractivity contribution in [2.24, 2.45) is 5.92 Å². The van der Waals surface area contributed by atoms with Crippen LogP contribution >= 0.6 is 7.82 Å². The molecule has 0 heterocycles. The second-order valence-corrected chi connectivity index (χ2v) is 10.6. The van der Waals surface area contributed by atoms with Crippen LogP contribution in [-0.2, 0) is 23.2 Å². The van der Waals surface area contributed by atoms with Gasteiger partial charge in [0.05, 0.1) is 34.2 Å². The maximum Gasteiger partial charge on any atom is 0.472 e. The lowest BCUT2D eigenvalue weighted by molar-refractivity contribution is -0.873. The second kappa shape index (κ2) is 17.4. The van der Waals surface area contributed by atoms with Crippen molar-refractivity contribution >= 4 is 19.7 Å². The normalized spacial score (nSPS) is 15.3. The molecule has 0 saturated carbocycles. The second-order valence-electron chi connectivity index (χ2n) is 9.20. The predicted molar refractivity (Wildman–Crippen MR) is 123 cm³/mol. The maximum absolute atomic E-state index is 12.1. The van der Waals surface area contributed by atoms with Crippen LogP contribution in [0.2, 0.25) is 0 Å². The molecule has 0 aliphatic heterocycles. The molecular formula is C21H45N2O8P. The predicted octanol–water partition coefficient (Wildman–Crippen LogP) is 3.39. The van der Waals surface area contributed by atoms with Crippen molar-refractivity contribution in [1.29, 1.82) is 0 Å². The molecule has 192 valence electrons. The quantitative estimate of drug-likeness (QED) is 0.143. The summed E-state index contributed by atoms with van der Waals surface area (Å²) in [5.74, 6) is -0.954. The topological polar surface area (TPSA) is 152 Å². The number of carbonyl (C=O) groups is 2. The Kier molecular flexibility index (Phi) is 18.1. The third-order valence-corrected chi connectivity index (χ3v) is 5.82. The summed E-state index contributed by atoms with van der Waals surface area (Å²) in [7, 11) is 1.21. The summed E-state index contributed by atoms with van der Waals surface area (Å²) < 4.78 is 22.6. The number of likely N-dealkylation sites (N-methyl/N-ethyl adjacent to an activating group) is 1. The van der Waals surface area contributed by atoms with Gasteiger partial charge < -0.3 is 25.3 Å². The van der Waals surface area contributed by atoms with Crippen LogP contribution in [0.25, 0.3) is 0 Å². The van der Waals surface area contributed by atoms with E-state index >= 15 is 0 Å². The van der Waals surface area contributed by atoms with Crippen LogP contribution in [0.3, 0.4) is 0 Å². The monoisotopic (exact) mass is 484 g/mol. The molecule has 0 rings (SSSR count). The number of carboxylic acid groups (broad SMARTS) is 1. The number of quaternary nitrogens is 1. The Labute approximate surface area is 193 Å². The zero-order valence-electron chi connectivity index (χ0n) is 20.4. The molecule has 10 nitrogen and oxygen atoms in total. The molecule has 32 heavy (non-hydrogen) atoms. The number of unbranched alkanes of at least 4 members (excludes halogenated alkanes) is 5. The van der Waals surface area contributed by atoms with Crippen molar-refractivity contribution in [2.45, 2.75) is 77.7 Å². The minimum absolute atomic E-state index is 0. The number of phosphoric acid groups is 1. The van der Waals surface area contributed by atoms with Crippen molar-refractivity contribution < 1.29 is 43.2 Å². The number of hydrogen-bond acceptors (Lipinski definition) is 6. The Hall–Kier alpha value is -1.03. The van der Waals surface area contributed by atoms with Gasteiger partial charge in [0.25, 0.3) is 0 Å². The van der Waals surface area contributed by atoms with Crippen molar-refractivity contribution in [3.63, 3.8) is 0 Å². The van der Waals surface area contributed by atoms with Crippen molar-refractivity contribution in [3.05, 3.63) is 0 Å². The van der Waals surface area contributed by atoms with Crippen molar-refractivity contribution in [1.82, 2.24) is 5.32 Å². The molecule has 0 aromatic rings. The van der Waals surface area contributed by atoms with Crippen LogP contribution < -0.4 is 5.32 Å². The van der Waals surface area contributed by atoms with Gasteiger partial charge in [-0.2, -0.15) is 0 Å². The zero-order valence-corrected chi connectivity index (χ0v) is 21.3. The number of carbonyl (C=O) groups excluding carboxylic acids is 1. The molecule has 0 aromatic carbocycles. The van der Waals surface area contributed by atoms with E-state index in [1.807, 2.05) is 28.1 Å². The van der Waals surface area contributed by atoms with Crippen LogP contribution in [0.15, 0.2) is 0 Å². The molecule has 1 amide bonds. The van der Waals surface area contributed by atoms with Crippen LogP contribution in [0, 0.1) is 5.92 Å². The average molecular weight is 485 g/mol. The molecule has 4 N–H and O–H groups in total. The van der Waals surface area contributed by atoms with E-state index in [0.717, 1.165) is 44.9 Å². The number of phosphoric ester groups is 1. The highest BCUT2D eigenvalue weighted by Crippen LogP contribution is 2.45. The third kappa shape index (κ3) is 19.6. The standard InChI is InChI=1S/C21H43N2O7P.H2O/c1-6-7-10-13-18(2)21(26)22-14-11-8-9-12-15-29-31(27,28)30-19(16-20(24)25)17-23(3,4)5;/h18-19H,6-17H2,1-5H3,(H2-,22,24,25,26,27,28);1H2/t18?,19-;/m1./s1. The van der Waals surface area contributed by atoms with E-state index in [1.165, 1.54) is 0 Å². The lowest BCUT2D eigenvalue weighted by Crippen LogP contribution is -2.42. The number of nitrogens with zero attached hydrogens (tertiary/aromatic N) is 1. The Morgan fingerprint density at radius 3 is 2.25 bits per heavy atom. The van der Waals surface area contributed by atoms with Crippen LogP contribution in [0.5, 0.6) is 0 Å². The first-order valence-electron chi connectivity index (χ1n) is 11.3. The highest BCUT2D eigenvalue weighted by molar-refractivity contribution is 7.47. The van der Waals surface area contributed by atoms with Gasteiger partial charge in [0.2, 0.25) is 5.91 Å². The van der Waals surface area contributed by atoms with Gasteiger partial charge in [0, 0.05) is 12.5 Å². The third-order valence-electron chi connectivity index (χ3n) is 4.75. The van der Waals surface area contributed by atoms with Gasteiger partial charge in [-0.25, -0.2) is 4.57 Å². The molecule has 0 bridgehead atoms. The van der Waals surface area contributed by atoms with Crippen molar-refractivity contribution in [3.8, 4) is 0 Å². The Bertz CT molecular complexity index is 568. The van der Waals surface area contributed by atoms with E-state index in [-0.39, 0.29) is 36.9 Å². The number of nitrogens with one attached hydrogen (secondary N) is 1. The fourth-order valence-corrected chi connectivity index (χ4v) is 4.08. The summed E-state index contributed by atoms with van der Waals surface area (Å²) in [5.41, 5.74) is 0. The molecule has 0 aliphatic rings. The summed E-state index contributed by atoms with van der Waals surface area (Å²) >= 11 is 0. The van der Waals surface area contributed by atoms with Gasteiger partial charge in [-0.1, -0.05) is 46.0 Å². The van der Waals surface area contributed by atoms with E-state index in [4.69, 9.17) is 14.2 Å². The van der Waals surface area contributed by atoms with Gasteiger partial charge >= 0.3 is 13.8 Å². The Morgan fingerprint density at radius 2 is 1.69 bits per heavy atom. The summed E-state index contributed by atoms with van der Waals surface area (Å²) in [6, 6.07) is 0. The van der Waals surface area contributed by atoms with E-state index in [1.54, 1.807) is 0 Å². The summed E-state index contributed by atoms with van der Waals surface area (Å²) in [5, 5.41) is 11.9. The molecule has 0 radical (unpaired) electrons. The number of rotatable bonds is 19. The van der Waals surface area contributed by atoms with Crippen LogP contribution in [0.1, 0.15) is 71.6 Å². The van der Waals surface area contributed by atoms with Crippen LogP contribution in [-0.4, -0.2) is 78.8 Å². The first kappa shape index (κ1) is 33.1. The van der Waals surface area contributed by atoms with Gasteiger partial charge in [0.15, 0.2) is 0 Å². The highest BCUT2D eigenvalue weighted by atomic mass is 31.2. The SMILES string of the molecule is CCCCCC(C)C(=O)NCCCCCCOP(=O)(O)O[C@H](CC(=O)O)C[N+](C)(C)C.[OH-]. The van der Waals surface area contributed by atoms with Crippen molar-refractivity contribution in [2.75, 3.05) is 40.8 Å². The fourth-order valence-electron chi connectivity index (χ4n) is 3.14. The molecule has 0 aliphatic carbocycles. The average Bonchev–Trinajstić information content (AvgIpc) is 2.61. The number of aliphatic carboxylic acids is 1. The lowest BCUT2D eigenvalue weighted by Gasteiger charge is -2.29. The van der Waals surface area contributed by atoms with Gasteiger partial charge in [0.1, 0.15) is 12.6 Å². The Balaban J connectivity index is 0. The first-order chi connectivity index (χ1) is 14.4. The lowest BCUT2D eigenvalue weighted by atomic mass is 10.0. The molecule has 3 atom stereocenters. The van der Waals surface area contributed by atoms with E-state index in [9.17, 15) is 19.0 Å². The van der Waals surface area contributed by atoms with E-state index in [2.05, 4.69) is 12.2 Å². The van der Waals surface area contributed by atoms with Gasteiger partial charge in [-0.3, -0.25) is 18.6 Å². The molecular weight excluding hydrogens is 439 g/mol. The van der Waals surface area contributed by atoms with Gasteiger partial charge in [-0.15, -0.1) is 0 Å². The molecule has 2 unspecified atom stereocenters. The molecule has 0 fully saturated rings. The molecule has 0 aromatic heterocycles. The largest absolute Gasteiger partial charge is 0.870 e. The minimum Gasteiger partial charge on any atom is -0.870 e. The smallest absolute Gasteiger partial charge is 0.472 e. The van der Waals surface area contributed by atoms with E-state index < -0.39 is 19.9 Å². The fraction of sp³-hybridized carbons (Fsp3) is 0.905.